The number of aromatic nitrogens is 4. The Morgan fingerprint density at radius 1 is 1.26 bits per heavy atom. The Morgan fingerprint density at radius 2 is 2.10 bits per heavy atom. The van der Waals surface area contributed by atoms with Crippen molar-refractivity contribution >= 4 is 17.7 Å². The Balaban J connectivity index is 1.37. The van der Waals surface area contributed by atoms with E-state index in [9.17, 15) is 9.18 Å². The van der Waals surface area contributed by atoms with Gasteiger partial charge in [0.2, 0.25) is 11.9 Å². The third-order valence-electron chi connectivity index (χ3n) is 5.45. The number of likely N-dealkylation sites (tertiary alicyclic amines) is 1. The summed E-state index contributed by atoms with van der Waals surface area (Å²) < 4.78 is 13.4. The van der Waals surface area contributed by atoms with Gasteiger partial charge in [-0.3, -0.25) is 9.78 Å². The van der Waals surface area contributed by atoms with Gasteiger partial charge in [0.1, 0.15) is 5.82 Å². The maximum atomic E-state index is 13.4. The second kappa shape index (κ2) is 9.59. The zero-order valence-electron chi connectivity index (χ0n) is 17.5. The number of carbonyl (C=O) groups excluding carboxylic acids is 1. The van der Waals surface area contributed by atoms with Crippen molar-refractivity contribution < 1.29 is 9.18 Å². The van der Waals surface area contributed by atoms with E-state index in [-0.39, 0.29) is 17.8 Å². The maximum absolute atomic E-state index is 13.4. The number of anilines is 2. The fraction of sp³-hybridized carbons (Fsp3) is 0.348. The molecule has 3 heterocycles. The third-order valence-corrected chi connectivity index (χ3v) is 5.45. The minimum Gasteiger partial charge on any atom is -0.334 e. The number of benzene rings is 1. The quantitative estimate of drug-likeness (QED) is 0.618. The predicted octanol–water partition coefficient (Wildman–Crippen LogP) is 4.14. The number of halogens is 1. The molecule has 0 radical (unpaired) electrons. The van der Waals surface area contributed by atoms with E-state index in [1.807, 2.05) is 11.0 Å². The number of aryl methyl sites for hydroxylation is 2. The number of rotatable bonds is 7. The van der Waals surface area contributed by atoms with Gasteiger partial charge in [0.15, 0.2) is 5.82 Å². The number of hydrogen-bond donors (Lipinski definition) is 1. The van der Waals surface area contributed by atoms with Gasteiger partial charge in [-0.2, -0.15) is 0 Å². The van der Waals surface area contributed by atoms with E-state index in [1.54, 1.807) is 43.8 Å². The lowest BCUT2D eigenvalue weighted by atomic mass is 10.0. The molecule has 0 saturated carbocycles. The summed E-state index contributed by atoms with van der Waals surface area (Å²) in [6.07, 6.45) is 10.4. The average Bonchev–Trinajstić information content (AvgIpc) is 3.27. The standard InChI is InChI=1S/C23H25FN6O/c1-16-13-17(8-9-18(16)24)5-2-7-22(31)30-12-3-6-20(30)19-14-25-15-21(28-19)29-23-26-10-4-11-27-23/h4,8-11,13-15,20H,2-3,5-7,12H2,1H3,(H,26,27,28,29). The van der Waals surface area contributed by atoms with Gasteiger partial charge >= 0.3 is 0 Å². The van der Waals surface area contributed by atoms with Crippen molar-refractivity contribution in [2.45, 2.75) is 45.1 Å². The summed E-state index contributed by atoms with van der Waals surface area (Å²) in [5.41, 5.74) is 2.45. The summed E-state index contributed by atoms with van der Waals surface area (Å²) in [5, 5.41) is 3.05. The molecule has 1 aliphatic rings. The highest BCUT2D eigenvalue weighted by atomic mass is 19.1. The van der Waals surface area contributed by atoms with Crippen LogP contribution >= 0.6 is 0 Å². The zero-order chi connectivity index (χ0) is 21.6. The van der Waals surface area contributed by atoms with E-state index in [0.29, 0.717) is 23.8 Å². The van der Waals surface area contributed by atoms with Gasteiger partial charge in [0.05, 0.1) is 24.1 Å². The van der Waals surface area contributed by atoms with Crippen molar-refractivity contribution in [2.75, 3.05) is 11.9 Å². The van der Waals surface area contributed by atoms with Crippen LogP contribution in [0.2, 0.25) is 0 Å². The molecule has 1 N–H and O–H groups in total. The highest BCUT2D eigenvalue weighted by Gasteiger charge is 2.31. The van der Waals surface area contributed by atoms with Gasteiger partial charge < -0.3 is 10.2 Å². The van der Waals surface area contributed by atoms with E-state index in [2.05, 4.69) is 25.3 Å². The second-order valence-corrected chi connectivity index (χ2v) is 7.71. The topological polar surface area (TPSA) is 83.9 Å². The Morgan fingerprint density at radius 3 is 2.90 bits per heavy atom. The molecule has 3 aromatic rings. The molecule has 1 aromatic carbocycles. The van der Waals surface area contributed by atoms with E-state index in [4.69, 9.17) is 0 Å². The minimum atomic E-state index is -0.198. The Labute approximate surface area is 180 Å². The first-order valence-electron chi connectivity index (χ1n) is 10.5. The van der Waals surface area contributed by atoms with Crippen LogP contribution in [0.5, 0.6) is 0 Å². The number of hydrogen-bond acceptors (Lipinski definition) is 6. The van der Waals surface area contributed by atoms with Crippen molar-refractivity contribution in [3.63, 3.8) is 0 Å². The van der Waals surface area contributed by atoms with Crippen LogP contribution in [0.3, 0.4) is 0 Å². The smallest absolute Gasteiger partial charge is 0.228 e. The Kier molecular flexibility index (Phi) is 6.45. The molecule has 1 saturated heterocycles. The molecule has 8 heteroatoms. The van der Waals surface area contributed by atoms with Crippen molar-refractivity contribution in [1.82, 2.24) is 24.8 Å². The van der Waals surface area contributed by atoms with Crippen molar-refractivity contribution in [3.8, 4) is 0 Å². The normalized spacial score (nSPS) is 15.8. The molecule has 31 heavy (non-hydrogen) atoms. The second-order valence-electron chi connectivity index (χ2n) is 7.71. The lowest BCUT2D eigenvalue weighted by molar-refractivity contribution is -0.132. The molecule has 1 unspecified atom stereocenters. The summed E-state index contributed by atoms with van der Waals surface area (Å²) in [5.74, 6) is 0.920. The molecule has 0 spiro atoms. The summed E-state index contributed by atoms with van der Waals surface area (Å²) >= 11 is 0. The number of nitrogens with zero attached hydrogens (tertiary/aromatic N) is 5. The van der Waals surface area contributed by atoms with Gasteiger partial charge in [0, 0.05) is 25.4 Å². The fourth-order valence-corrected chi connectivity index (χ4v) is 3.90. The van der Waals surface area contributed by atoms with Crippen LogP contribution < -0.4 is 5.32 Å². The van der Waals surface area contributed by atoms with Gasteiger partial charge in [0.25, 0.3) is 0 Å². The minimum absolute atomic E-state index is 0.0773. The molecule has 0 aliphatic carbocycles. The summed E-state index contributed by atoms with van der Waals surface area (Å²) in [4.78, 5) is 32.0. The van der Waals surface area contributed by atoms with Crippen molar-refractivity contribution in [1.29, 1.82) is 0 Å². The largest absolute Gasteiger partial charge is 0.334 e. The van der Waals surface area contributed by atoms with E-state index >= 15 is 0 Å². The summed E-state index contributed by atoms with van der Waals surface area (Å²) in [6.45, 7) is 2.48. The van der Waals surface area contributed by atoms with Crippen molar-refractivity contribution in [2.24, 2.45) is 0 Å². The molecular formula is C23H25FN6O. The highest BCUT2D eigenvalue weighted by Crippen LogP contribution is 2.32. The van der Waals surface area contributed by atoms with Crippen LogP contribution in [0, 0.1) is 12.7 Å². The first kappa shape index (κ1) is 20.8. The van der Waals surface area contributed by atoms with Crippen LogP contribution in [0.15, 0.2) is 49.1 Å². The van der Waals surface area contributed by atoms with E-state index in [1.165, 1.54) is 6.07 Å². The van der Waals surface area contributed by atoms with Crippen LogP contribution in [0.4, 0.5) is 16.2 Å². The van der Waals surface area contributed by atoms with Gasteiger partial charge in [-0.05, 0) is 55.9 Å². The average molecular weight is 420 g/mol. The molecule has 7 nitrogen and oxygen atoms in total. The SMILES string of the molecule is Cc1cc(CCCC(=O)N2CCCC2c2cncc(Nc3ncccn3)n2)ccc1F. The fourth-order valence-electron chi connectivity index (χ4n) is 3.90. The third kappa shape index (κ3) is 5.20. The monoisotopic (exact) mass is 420 g/mol. The lowest BCUT2D eigenvalue weighted by Crippen LogP contribution is -2.31. The summed E-state index contributed by atoms with van der Waals surface area (Å²) in [6, 6.07) is 6.79. The van der Waals surface area contributed by atoms with Gasteiger partial charge in [-0.25, -0.2) is 19.3 Å². The zero-order valence-corrected chi connectivity index (χ0v) is 17.5. The highest BCUT2D eigenvalue weighted by molar-refractivity contribution is 5.77. The first-order chi connectivity index (χ1) is 15.1. The number of amides is 1. The van der Waals surface area contributed by atoms with Crippen LogP contribution in [0.1, 0.15) is 48.5 Å². The Hall–Kier alpha value is -3.42. The van der Waals surface area contributed by atoms with Crippen LogP contribution in [-0.2, 0) is 11.2 Å². The number of carbonyl (C=O) groups is 1. The molecule has 1 fully saturated rings. The van der Waals surface area contributed by atoms with Gasteiger partial charge in [-0.1, -0.05) is 12.1 Å². The molecular weight excluding hydrogens is 395 g/mol. The number of nitrogens with one attached hydrogen (secondary N) is 1. The van der Waals surface area contributed by atoms with Crippen LogP contribution in [0.25, 0.3) is 0 Å². The molecule has 1 aliphatic heterocycles. The van der Waals surface area contributed by atoms with Gasteiger partial charge in [-0.15, -0.1) is 0 Å². The molecule has 0 bridgehead atoms. The summed E-state index contributed by atoms with van der Waals surface area (Å²) in [7, 11) is 0. The first-order valence-corrected chi connectivity index (χ1v) is 10.5. The predicted molar refractivity (Wildman–Crippen MR) is 115 cm³/mol. The Bertz CT molecular complexity index is 1050. The molecule has 2 aromatic heterocycles. The van der Waals surface area contributed by atoms with Crippen molar-refractivity contribution in [3.05, 3.63) is 71.7 Å². The molecule has 160 valence electrons. The molecule has 1 amide bonds. The van der Waals surface area contributed by atoms with E-state index in [0.717, 1.165) is 43.5 Å². The molecule has 1 atom stereocenters. The molecule has 4 rings (SSSR count). The maximum Gasteiger partial charge on any atom is 0.228 e. The van der Waals surface area contributed by atoms with Crippen LogP contribution in [-0.4, -0.2) is 37.3 Å². The van der Waals surface area contributed by atoms with E-state index < -0.39 is 0 Å². The lowest BCUT2D eigenvalue weighted by Gasteiger charge is -2.24.